The van der Waals surface area contributed by atoms with Crippen molar-refractivity contribution in [3.63, 3.8) is 0 Å². The van der Waals surface area contributed by atoms with Gasteiger partial charge < -0.3 is 29.5 Å². The molecule has 3 atom stereocenters. The number of esters is 2. The summed E-state index contributed by atoms with van der Waals surface area (Å²) in [7, 11) is 0. The van der Waals surface area contributed by atoms with Crippen molar-refractivity contribution >= 4 is 11.9 Å². The van der Waals surface area contributed by atoms with Crippen LogP contribution in [-0.4, -0.2) is 65.6 Å². The van der Waals surface area contributed by atoms with E-state index in [2.05, 4.69) is 22.6 Å². The summed E-state index contributed by atoms with van der Waals surface area (Å²) < 4.78 is 13.9. The van der Waals surface area contributed by atoms with Crippen LogP contribution in [-0.2, 0) is 23.8 Å². The molecule has 0 aromatic heterocycles. The molecule has 0 aliphatic rings. The van der Waals surface area contributed by atoms with E-state index in [0.717, 1.165) is 12.2 Å². The molecule has 3 N–H and O–H groups in total. The molecule has 0 aromatic rings. The molecule has 0 saturated heterocycles. The van der Waals surface area contributed by atoms with Crippen molar-refractivity contribution in [1.29, 1.82) is 0 Å². The lowest BCUT2D eigenvalue weighted by Crippen LogP contribution is -2.40. The maximum absolute atomic E-state index is 10.8. The van der Waals surface area contributed by atoms with Crippen LogP contribution < -0.4 is 0 Å². The van der Waals surface area contributed by atoms with Gasteiger partial charge in [-0.05, 0) is 0 Å². The molecule has 0 aliphatic carbocycles. The van der Waals surface area contributed by atoms with Gasteiger partial charge in [-0.2, -0.15) is 0 Å². The monoisotopic (exact) mass is 290 g/mol. The molecule has 0 aromatic carbocycles. The van der Waals surface area contributed by atoms with Crippen LogP contribution >= 0.6 is 0 Å². The van der Waals surface area contributed by atoms with Crippen molar-refractivity contribution < 1.29 is 39.1 Å². The van der Waals surface area contributed by atoms with Crippen LogP contribution in [0.4, 0.5) is 0 Å². The minimum atomic E-state index is -1.55. The molecule has 0 amide bonds. The van der Waals surface area contributed by atoms with Crippen molar-refractivity contribution in [2.24, 2.45) is 0 Å². The maximum Gasteiger partial charge on any atom is 0.330 e. The summed E-state index contributed by atoms with van der Waals surface area (Å²) in [4.78, 5) is 21.5. The highest BCUT2D eigenvalue weighted by atomic mass is 16.7. The highest BCUT2D eigenvalue weighted by Crippen LogP contribution is 2.04. The number of ether oxygens (including phenoxy) is 3. The number of hydrogen-bond acceptors (Lipinski definition) is 8. The topological polar surface area (TPSA) is 123 Å². The Morgan fingerprint density at radius 3 is 2.00 bits per heavy atom. The molecule has 0 saturated carbocycles. The van der Waals surface area contributed by atoms with E-state index >= 15 is 0 Å². The van der Waals surface area contributed by atoms with Crippen molar-refractivity contribution in [3.05, 3.63) is 25.3 Å². The van der Waals surface area contributed by atoms with Crippen LogP contribution in [0.1, 0.15) is 0 Å². The number of aliphatic hydroxyl groups is 3. The van der Waals surface area contributed by atoms with Crippen LogP contribution in [0.2, 0.25) is 0 Å². The number of carbonyl (C=O) groups is 2. The van der Waals surface area contributed by atoms with Crippen molar-refractivity contribution in [3.8, 4) is 0 Å². The van der Waals surface area contributed by atoms with Crippen molar-refractivity contribution in [1.82, 2.24) is 0 Å². The number of aliphatic hydroxyl groups excluding tert-OH is 3. The third-order valence-corrected chi connectivity index (χ3v) is 2.04. The fourth-order valence-electron chi connectivity index (χ4n) is 1.04. The van der Waals surface area contributed by atoms with Crippen LogP contribution in [0.25, 0.3) is 0 Å². The molecule has 8 nitrogen and oxygen atoms in total. The molecule has 0 bridgehead atoms. The first-order chi connectivity index (χ1) is 9.44. The van der Waals surface area contributed by atoms with Gasteiger partial charge >= 0.3 is 11.9 Å². The molecule has 0 heterocycles. The van der Waals surface area contributed by atoms with Crippen molar-refractivity contribution in [2.75, 3.05) is 19.8 Å². The Balaban J connectivity index is 4.17. The molecular weight excluding hydrogens is 272 g/mol. The van der Waals surface area contributed by atoms with E-state index in [1.165, 1.54) is 0 Å². The van der Waals surface area contributed by atoms with E-state index in [9.17, 15) is 19.8 Å². The summed E-state index contributed by atoms with van der Waals surface area (Å²) in [5, 5.41) is 28.0. The summed E-state index contributed by atoms with van der Waals surface area (Å²) in [6.45, 7) is 4.74. The zero-order chi connectivity index (χ0) is 15.5. The van der Waals surface area contributed by atoms with E-state index in [0.29, 0.717) is 0 Å². The van der Waals surface area contributed by atoms with Gasteiger partial charge in [0.1, 0.15) is 25.4 Å². The molecule has 0 radical (unpaired) electrons. The summed E-state index contributed by atoms with van der Waals surface area (Å²) >= 11 is 0. The van der Waals surface area contributed by atoms with Crippen LogP contribution in [0.15, 0.2) is 25.3 Å². The third kappa shape index (κ3) is 7.64. The predicted octanol–water partition coefficient (Wildman–Crippen LogP) is -1.50. The second-order valence-electron chi connectivity index (χ2n) is 3.55. The molecule has 1 unspecified atom stereocenters. The Kier molecular flexibility index (Phi) is 9.22. The molecule has 20 heavy (non-hydrogen) atoms. The quantitative estimate of drug-likeness (QED) is 0.252. The largest absolute Gasteiger partial charge is 0.460 e. The average Bonchev–Trinajstić information content (AvgIpc) is 2.46. The second-order valence-corrected chi connectivity index (χ2v) is 3.55. The predicted molar refractivity (Wildman–Crippen MR) is 66.3 cm³/mol. The fraction of sp³-hybridized carbons (Fsp3) is 0.500. The molecule has 114 valence electrons. The molecular formula is C12H18O8. The zero-order valence-electron chi connectivity index (χ0n) is 10.8. The van der Waals surface area contributed by atoms with Gasteiger partial charge in [0.2, 0.25) is 0 Å². The Bertz CT molecular complexity index is 340. The smallest absolute Gasteiger partial charge is 0.330 e. The minimum absolute atomic E-state index is 0.449. The van der Waals surface area contributed by atoms with E-state index in [1.54, 1.807) is 0 Å². The van der Waals surface area contributed by atoms with Gasteiger partial charge in [-0.1, -0.05) is 13.2 Å². The first-order valence-electron chi connectivity index (χ1n) is 5.65. The number of rotatable bonds is 10. The standard InChI is InChI=1S/C12H18O8/c1-3-10(15)18-6-8(14)9(5-13)20-12(17)7-19-11(16)4-2/h3-4,8-9,12-14,17H,1-2,5-7H2/t8-,9?,12+/m0/s1. The zero-order valence-corrected chi connectivity index (χ0v) is 10.8. The van der Waals surface area contributed by atoms with E-state index in [1.807, 2.05) is 0 Å². The Hall–Kier alpha value is -1.74. The molecule has 0 rings (SSSR count). The Morgan fingerprint density at radius 2 is 1.55 bits per heavy atom. The Morgan fingerprint density at radius 1 is 1.05 bits per heavy atom. The number of hydrogen-bond donors (Lipinski definition) is 3. The van der Waals surface area contributed by atoms with Crippen molar-refractivity contribution in [2.45, 2.75) is 18.5 Å². The number of carbonyl (C=O) groups excluding carboxylic acids is 2. The second kappa shape index (κ2) is 10.1. The molecule has 0 aliphatic heterocycles. The lowest BCUT2D eigenvalue weighted by atomic mass is 10.2. The third-order valence-electron chi connectivity index (χ3n) is 2.04. The first-order valence-corrected chi connectivity index (χ1v) is 5.65. The van der Waals surface area contributed by atoms with Gasteiger partial charge in [0.05, 0.1) is 6.61 Å². The summed E-state index contributed by atoms with van der Waals surface area (Å²) in [5.74, 6) is -1.50. The van der Waals surface area contributed by atoms with E-state index in [-0.39, 0.29) is 0 Å². The van der Waals surface area contributed by atoms with Gasteiger partial charge in [-0.25, -0.2) is 9.59 Å². The van der Waals surface area contributed by atoms with Crippen LogP contribution in [0, 0.1) is 0 Å². The first kappa shape index (κ1) is 18.3. The normalized spacial score (nSPS) is 14.8. The van der Waals surface area contributed by atoms with E-state index < -0.39 is 50.3 Å². The van der Waals surface area contributed by atoms with Gasteiger partial charge in [0, 0.05) is 12.2 Å². The summed E-state index contributed by atoms with van der Waals surface area (Å²) in [5.41, 5.74) is 0. The lowest BCUT2D eigenvalue weighted by molar-refractivity contribution is -0.203. The lowest BCUT2D eigenvalue weighted by Gasteiger charge is -2.23. The fourth-order valence-corrected chi connectivity index (χ4v) is 1.04. The van der Waals surface area contributed by atoms with Crippen LogP contribution in [0.5, 0.6) is 0 Å². The highest BCUT2D eigenvalue weighted by molar-refractivity contribution is 5.81. The van der Waals surface area contributed by atoms with Gasteiger partial charge in [-0.15, -0.1) is 0 Å². The SMILES string of the molecule is C=CC(=O)OC[C@H](O)OC(CO)[C@@H](O)COC(=O)C=C. The van der Waals surface area contributed by atoms with Crippen LogP contribution in [0.3, 0.4) is 0 Å². The van der Waals surface area contributed by atoms with Gasteiger partial charge in [-0.3, -0.25) is 0 Å². The van der Waals surface area contributed by atoms with Gasteiger partial charge in [0.15, 0.2) is 6.29 Å². The Labute approximate surface area is 115 Å². The summed E-state index contributed by atoms with van der Waals surface area (Å²) in [6, 6.07) is 0. The molecule has 0 spiro atoms. The minimum Gasteiger partial charge on any atom is -0.460 e. The average molecular weight is 290 g/mol. The summed E-state index contributed by atoms with van der Waals surface area (Å²) in [6.07, 6.45) is -2.33. The van der Waals surface area contributed by atoms with E-state index in [4.69, 9.17) is 9.84 Å². The molecule has 0 fully saturated rings. The molecule has 8 heteroatoms. The van der Waals surface area contributed by atoms with Gasteiger partial charge in [0.25, 0.3) is 0 Å². The highest BCUT2D eigenvalue weighted by Gasteiger charge is 2.24. The maximum atomic E-state index is 10.8.